The molecule has 1 aromatic rings. The van der Waals surface area contributed by atoms with Crippen LogP contribution in [0.2, 0.25) is 0 Å². The molecule has 2 unspecified atom stereocenters. The van der Waals surface area contributed by atoms with Gasteiger partial charge >= 0.3 is 0 Å². The normalized spacial score (nSPS) is 22.6. The van der Waals surface area contributed by atoms with Crippen molar-refractivity contribution in [2.75, 3.05) is 19.3 Å². The molecular formula is C14H20FNO3S. The summed E-state index contributed by atoms with van der Waals surface area (Å²) in [5, 5.41) is 10.1. The third-order valence-corrected chi connectivity index (χ3v) is 5.04. The molecule has 20 heavy (non-hydrogen) atoms. The van der Waals surface area contributed by atoms with Gasteiger partial charge in [0, 0.05) is 18.7 Å². The maximum atomic E-state index is 13.6. The van der Waals surface area contributed by atoms with Gasteiger partial charge < -0.3 is 5.11 Å². The van der Waals surface area contributed by atoms with Crippen LogP contribution in [0.25, 0.3) is 0 Å². The molecule has 6 heteroatoms. The van der Waals surface area contributed by atoms with E-state index in [1.54, 1.807) is 18.2 Å². The summed E-state index contributed by atoms with van der Waals surface area (Å²) in [6, 6.07) is 6.16. The van der Waals surface area contributed by atoms with E-state index in [4.69, 9.17) is 0 Å². The number of hydrogen-bond acceptors (Lipinski definition) is 3. The molecule has 0 aromatic heterocycles. The number of rotatable bonds is 4. The Balaban J connectivity index is 2.01. The second-order valence-corrected chi connectivity index (χ2v) is 7.38. The average molecular weight is 301 g/mol. The van der Waals surface area contributed by atoms with Crippen molar-refractivity contribution >= 4 is 10.0 Å². The highest BCUT2D eigenvalue weighted by molar-refractivity contribution is 7.88. The smallest absolute Gasteiger partial charge is 0.211 e. The molecule has 112 valence electrons. The van der Waals surface area contributed by atoms with E-state index in [0.717, 1.165) is 12.8 Å². The van der Waals surface area contributed by atoms with Gasteiger partial charge in [-0.25, -0.2) is 17.1 Å². The molecule has 1 N–H and O–H groups in total. The highest BCUT2D eigenvalue weighted by Crippen LogP contribution is 2.29. The van der Waals surface area contributed by atoms with E-state index in [9.17, 15) is 17.9 Å². The first kappa shape index (κ1) is 15.4. The van der Waals surface area contributed by atoms with Crippen molar-refractivity contribution in [3.8, 4) is 0 Å². The zero-order valence-corrected chi connectivity index (χ0v) is 12.3. The summed E-state index contributed by atoms with van der Waals surface area (Å²) in [4.78, 5) is 0. The van der Waals surface area contributed by atoms with Crippen LogP contribution in [-0.4, -0.2) is 37.2 Å². The lowest BCUT2D eigenvalue weighted by atomic mass is 9.91. The fourth-order valence-corrected chi connectivity index (χ4v) is 3.65. The number of piperidine rings is 1. The minimum Gasteiger partial charge on any atom is -0.388 e. The van der Waals surface area contributed by atoms with E-state index < -0.39 is 21.9 Å². The van der Waals surface area contributed by atoms with E-state index in [-0.39, 0.29) is 11.5 Å². The predicted octanol–water partition coefficient (Wildman–Crippen LogP) is 1.92. The average Bonchev–Trinajstić information content (AvgIpc) is 2.38. The fraction of sp³-hybridized carbons (Fsp3) is 0.571. The van der Waals surface area contributed by atoms with Gasteiger partial charge in [-0.05, 0) is 31.2 Å². The van der Waals surface area contributed by atoms with Crippen LogP contribution in [-0.2, 0) is 10.0 Å². The van der Waals surface area contributed by atoms with Crippen molar-refractivity contribution in [1.29, 1.82) is 0 Å². The fourth-order valence-electron chi connectivity index (χ4n) is 2.71. The number of nitrogens with zero attached hydrogens (tertiary/aromatic N) is 1. The minimum absolute atomic E-state index is 0.0630. The first-order chi connectivity index (χ1) is 9.38. The number of aliphatic hydroxyl groups is 1. The first-order valence-corrected chi connectivity index (χ1v) is 8.60. The van der Waals surface area contributed by atoms with Crippen LogP contribution >= 0.6 is 0 Å². The molecule has 1 saturated heterocycles. The number of hydrogen-bond donors (Lipinski definition) is 1. The largest absolute Gasteiger partial charge is 0.388 e. The number of halogens is 1. The summed E-state index contributed by atoms with van der Waals surface area (Å²) in [7, 11) is -3.19. The quantitative estimate of drug-likeness (QED) is 0.924. The third kappa shape index (κ3) is 3.77. The monoisotopic (exact) mass is 301 g/mol. The summed E-state index contributed by atoms with van der Waals surface area (Å²) in [6.07, 6.45) is 2.33. The summed E-state index contributed by atoms with van der Waals surface area (Å²) >= 11 is 0. The molecule has 0 radical (unpaired) electrons. The Morgan fingerprint density at radius 1 is 1.45 bits per heavy atom. The molecule has 0 saturated carbocycles. The molecule has 1 heterocycles. The van der Waals surface area contributed by atoms with Gasteiger partial charge in [-0.1, -0.05) is 18.2 Å². The molecule has 4 nitrogen and oxygen atoms in total. The van der Waals surface area contributed by atoms with E-state index in [2.05, 4.69) is 0 Å². The van der Waals surface area contributed by atoms with Gasteiger partial charge in [-0.2, -0.15) is 0 Å². The Kier molecular flexibility index (Phi) is 4.78. The van der Waals surface area contributed by atoms with Gasteiger partial charge in [-0.3, -0.25) is 0 Å². The molecule has 1 aliphatic rings. The van der Waals surface area contributed by atoms with Crippen LogP contribution in [0.3, 0.4) is 0 Å². The minimum atomic E-state index is -3.19. The molecule has 1 aromatic carbocycles. The molecule has 0 amide bonds. The van der Waals surface area contributed by atoms with Crippen molar-refractivity contribution < 1.29 is 17.9 Å². The van der Waals surface area contributed by atoms with Crippen LogP contribution in [0.5, 0.6) is 0 Å². The van der Waals surface area contributed by atoms with Gasteiger partial charge in [0.2, 0.25) is 10.0 Å². The van der Waals surface area contributed by atoms with Gasteiger partial charge in [0.1, 0.15) is 5.82 Å². The molecule has 1 fully saturated rings. The third-order valence-electron chi connectivity index (χ3n) is 3.77. The van der Waals surface area contributed by atoms with Gasteiger partial charge in [0.25, 0.3) is 0 Å². The maximum absolute atomic E-state index is 13.6. The lowest BCUT2D eigenvalue weighted by Gasteiger charge is -2.32. The Morgan fingerprint density at radius 2 is 2.15 bits per heavy atom. The summed E-state index contributed by atoms with van der Waals surface area (Å²) in [5.74, 6) is -0.358. The number of aliphatic hydroxyl groups excluding tert-OH is 1. The highest BCUT2D eigenvalue weighted by atomic mass is 32.2. The molecule has 2 rings (SSSR count). The standard InChI is InChI=1S/C14H20FNO3S/c1-20(18,19)16-8-4-5-11(10-16)9-14(17)12-6-2-3-7-13(12)15/h2-3,6-7,11,14,17H,4-5,8-10H2,1H3. The second-order valence-electron chi connectivity index (χ2n) is 5.40. The molecule has 0 bridgehead atoms. The van der Waals surface area contributed by atoms with Crippen molar-refractivity contribution in [3.63, 3.8) is 0 Å². The summed E-state index contributed by atoms with van der Waals surface area (Å²) < 4.78 is 38.1. The summed E-state index contributed by atoms with van der Waals surface area (Å²) in [6.45, 7) is 0.940. The SMILES string of the molecule is CS(=O)(=O)N1CCCC(CC(O)c2ccccc2F)C1. The van der Waals surface area contributed by atoms with E-state index in [0.29, 0.717) is 19.5 Å². The Hall–Kier alpha value is -0.980. The van der Waals surface area contributed by atoms with E-state index >= 15 is 0 Å². The van der Waals surface area contributed by atoms with Gasteiger partial charge in [0.05, 0.1) is 12.4 Å². The molecule has 0 spiro atoms. The summed E-state index contributed by atoms with van der Waals surface area (Å²) in [5.41, 5.74) is 0.281. The van der Waals surface area contributed by atoms with Crippen molar-refractivity contribution in [3.05, 3.63) is 35.6 Å². The molecular weight excluding hydrogens is 281 g/mol. The van der Waals surface area contributed by atoms with E-state index in [1.807, 2.05) is 0 Å². The molecule has 0 aliphatic carbocycles. The lowest BCUT2D eigenvalue weighted by molar-refractivity contribution is 0.119. The maximum Gasteiger partial charge on any atom is 0.211 e. The van der Waals surface area contributed by atoms with Crippen LogP contribution in [0.1, 0.15) is 30.9 Å². The van der Waals surface area contributed by atoms with Gasteiger partial charge in [0.15, 0.2) is 0 Å². The van der Waals surface area contributed by atoms with Crippen LogP contribution < -0.4 is 0 Å². The Bertz CT molecular complexity index is 561. The predicted molar refractivity (Wildman–Crippen MR) is 75.1 cm³/mol. The van der Waals surface area contributed by atoms with Crippen LogP contribution in [0.4, 0.5) is 4.39 Å². The van der Waals surface area contributed by atoms with Crippen molar-refractivity contribution in [1.82, 2.24) is 4.31 Å². The highest BCUT2D eigenvalue weighted by Gasteiger charge is 2.28. The van der Waals surface area contributed by atoms with Crippen molar-refractivity contribution in [2.24, 2.45) is 5.92 Å². The lowest BCUT2D eigenvalue weighted by Crippen LogP contribution is -2.39. The first-order valence-electron chi connectivity index (χ1n) is 6.75. The number of benzene rings is 1. The zero-order valence-electron chi connectivity index (χ0n) is 11.5. The van der Waals surface area contributed by atoms with Gasteiger partial charge in [-0.15, -0.1) is 0 Å². The zero-order chi connectivity index (χ0) is 14.8. The van der Waals surface area contributed by atoms with Crippen LogP contribution in [0.15, 0.2) is 24.3 Å². The molecule has 2 atom stereocenters. The van der Waals surface area contributed by atoms with Crippen LogP contribution in [0, 0.1) is 11.7 Å². The Morgan fingerprint density at radius 3 is 2.80 bits per heavy atom. The molecule has 1 aliphatic heterocycles. The van der Waals surface area contributed by atoms with E-state index in [1.165, 1.54) is 16.6 Å². The topological polar surface area (TPSA) is 57.6 Å². The number of sulfonamides is 1. The van der Waals surface area contributed by atoms with Crippen molar-refractivity contribution in [2.45, 2.75) is 25.4 Å². The Labute approximate surface area is 119 Å². The second kappa shape index (κ2) is 6.20.